The lowest BCUT2D eigenvalue weighted by molar-refractivity contribution is -0.117. The molecule has 18 heavy (non-hydrogen) atoms. The first-order valence-corrected chi connectivity index (χ1v) is 5.91. The second kappa shape index (κ2) is 5.46. The molecule has 0 aliphatic carbocycles. The van der Waals surface area contributed by atoms with Crippen LogP contribution in [0.1, 0.15) is 6.92 Å². The highest BCUT2D eigenvalue weighted by Gasteiger charge is 2.32. The zero-order valence-corrected chi connectivity index (χ0v) is 10.3. The maximum atomic E-state index is 12.9. The van der Waals surface area contributed by atoms with Crippen LogP contribution in [0.2, 0.25) is 0 Å². The average molecular weight is 252 g/mol. The van der Waals surface area contributed by atoms with E-state index in [1.807, 2.05) is 0 Å². The molecule has 1 aromatic carbocycles. The maximum absolute atomic E-state index is 12.9. The van der Waals surface area contributed by atoms with Crippen LogP contribution in [0.25, 0.3) is 0 Å². The zero-order valence-electron chi connectivity index (χ0n) is 10.3. The number of benzene rings is 1. The van der Waals surface area contributed by atoms with Crippen LogP contribution in [0.15, 0.2) is 24.3 Å². The first kappa shape index (κ1) is 13.0. The molecule has 1 amide bonds. The number of carbonyl (C=O) groups is 1. The van der Waals surface area contributed by atoms with Crippen LogP contribution in [0, 0.1) is 11.2 Å². The van der Waals surface area contributed by atoms with E-state index in [2.05, 4.69) is 17.6 Å². The van der Waals surface area contributed by atoms with Gasteiger partial charge in [0.15, 0.2) is 0 Å². The normalized spacial score (nSPS) is 17.0. The number of hydrogen-bond donors (Lipinski definition) is 2. The highest BCUT2D eigenvalue weighted by atomic mass is 19.1. The Morgan fingerprint density at radius 1 is 1.50 bits per heavy atom. The maximum Gasteiger partial charge on any atom is 0.238 e. The molecule has 0 unspecified atom stereocenters. The smallest absolute Gasteiger partial charge is 0.238 e. The lowest BCUT2D eigenvalue weighted by atomic mass is 9.89. The van der Waals surface area contributed by atoms with E-state index in [4.69, 9.17) is 4.74 Å². The Kier molecular flexibility index (Phi) is 3.93. The number of ether oxygens (including phenoxy) is 1. The Labute approximate surface area is 106 Å². The molecule has 5 heteroatoms. The van der Waals surface area contributed by atoms with Crippen molar-refractivity contribution in [3.8, 4) is 0 Å². The van der Waals surface area contributed by atoms with Gasteiger partial charge in [-0.2, -0.15) is 0 Å². The SMILES string of the molecule is CC1(CNCC(=O)Nc2cccc(F)c2)COC1. The number of nitrogens with one attached hydrogen (secondary N) is 2. The minimum Gasteiger partial charge on any atom is -0.380 e. The molecule has 0 aromatic heterocycles. The molecular formula is C13H17FN2O2. The summed E-state index contributed by atoms with van der Waals surface area (Å²) in [6.45, 7) is 4.51. The third-order valence-corrected chi connectivity index (χ3v) is 2.85. The topological polar surface area (TPSA) is 50.4 Å². The van der Waals surface area contributed by atoms with Crippen LogP contribution in [-0.4, -0.2) is 32.2 Å². The Morgan fingerprint density at radius 2 is 2.28 bits per heavy atom. The molecule has 2 rings (SSSR count). The van der Waals surface area contributed by atoms with Crippen molar-refractivity contribution in [2.45, 2.75) is 6.92 Å². The second-order valence-corrected chi connectivity index (χ2v) is 4.97. The summed E-state index contributed by atoms with van der Waals surface area (Å²) in [6, 6.07) is 5.84. The molecule has 0 atom stereocenters. The highest BCUT2D eigenvalue weighted by Crippen LogP contribution is 2.24. The summed E-state index contributed by atoms with van der Waals surface area (Å²) < 4.78 is 18.0. The van der Waals surface area contributed by atoms with E-state index in [-0.39, 0.29) is 23.7 Å². The lowest BCUT2D eigenvalue weighted by Crippen LogP contribution is -2.48. The van der Waals surface area contributed by atoms with E-state index < -0.39 is 0 Å². The number of hydrogen-bond acceptors (Lipinski definition) is 3. The Hall–Kier alpha value is -1.46. The minimum atomic E-state index is -0.361. The molecule has 0 saturated carbocycles. The standard InChI is InChI=1S/C13H17FN2O2/c1-13(8-18-9-13)7-15-6-12(17)16-11-4-2-3-10(14)5-11/h2-5,15H,6-9H2,1H3,(H,16,17). The van der Waals surface area contributed by atoms with Gasteiger partial charge in [0.05, 0.1) is 19.8 Å². The second-order valence-electron chi connectivity index (χ2n) is 4.97. The monoisotopic (exact) mass is 252 g/mol. The van der Waals surface area contributed by atoms with Gasteiger partial charge in [0.25, 0.3) is 0 Å². The summed E-state index contributed by atoms with van der Waals surface area (Å²) >= 11 is 0. The molecule has 0 spiro atoms. The van der Waals surface area contributed by atoms with Gasteiger partial charge >= 0.3 is 0 Å². The Morgan fingerprint density at radius 3 is 2.89 bits per heavy atom. The quantitative estimate of drug-likeness (QED) is 0.832. The summed E-state index contributed by atoms with van der Waals surface area (Å²) in [5.41, 5.74) is 0.610. The summed E-state index contributed by atoms with van der Waals surface area (Å²) in [5, 5.41) is 5.71. The molecule has 0 bridgehead atoms. The van der Waals surface area contributed by atoms with Crippen molar-refractivity contribution in [2.24, 2.45) is 5.41 Å². The summed E-state index contributed by atoms with van der Waals surface area (Å²) in [7, 11) is 0. The fourth-order valence-corrected chi connectivity index (χ4v) is 1.80. The van der Waals surface area contributed by atoms with Crippen molar-refractivity contribution >= 4 is 11.6 Å². The highest BCUT2D eigenvalue weighted by molar-refractivity contribution is 5.92. The van der Waals surface area contributed by atoms with Crippen molar-refractivity contribution in [1.29, 1.82) is 0 Å². The Balaban J connectivity index is 1.72. The van der Waals surface area contributed by atoms with E-state index in [0.717, 1.165) is 19.8 Å². The van der Waals surface area contributed by atoms with Crippen LogP contribution in [0.4, 0.5) is 10.1 Å². The van der Waals surface area contributed by atoms with Gasteiger partial charge in [-0.1, -0.05) is 13.0 Å². The van der Waals surface area contributed by atoms with E-state index in [0.29, 0.717) is 5.69 Å². The predicted molar refractivity (Wildman–Crippen MR) is 66.8 cm³/mol. The van der Waals surface area contributed by atoms with E-state index in [1.165, 1.54) is 12.1 Å². The van der Waals surface area contributed by atoms with E-state index in [1.54, 1.807) is 12.1 Å². The summed E-state index contributed by atoms with van der Waals surface area (Å²) in [5.74, 6) is -0.538. The van der Waals surface area contributed by atoms with Crippen molar-refractivity contribution in [1.82, 2.24) is 5.32 Å². The molecular weight excluding hydrogens is 235 g/mol. The van der Waals surface area contributed by atoms with Crippen molar-refractivity contribution in [3.63, 3.8) is 0 Å². The van der Waals surface area contributed by atoms with Crippen LogP contribution >= 0.6 is 0 Å². The number of rotatable bonds is 5. The van der Waals surface area contributed by atoms with Gasteiger partial charge in [-0.15, -0.1) is 0 Å². The molecule has 1 saturated heterocycles. The fraction of sp³-hybridized carbons (Fsp3) is 0.462. The molecule has 98 valence electrons. The summed E-state index contributed by atoms with van der Waals surface area (Å²) in [6.07, 6.45) is 0. The van der Waals surface area contributed by atoms with Crippen LogP contribution in [0.5, 0.6) is 0 Å². The molecule has 4 nitrogen and oxygen atoms in total. The van der Waals surface area contributed by atoms with Gasteiger partial charge in [0.1, 0.15) is 5.82 Å². The van der Waals surface area contributed by atoms with Gasteiger partial charge in [-0.05, 0) is 18.2 Å². The lowest BCUT2D eigenvalue weighted by Gasteiger charge is -2.38. The molecule has 1 aliphatic heterocycles. The number of halogens is 1. The average Bonchev–Trinajstić information content (AvgIpc) is 2.26. The van der Waals surface area contributed by atoms with Crippen molar-refractivity contribution in [2.75, 3.05) is 31.6 Å². The fourth-order valence-electron chi connectivity index (χ4n) is 1.80. The largest absolute Gasteiger partial charge is 0.380 e. The predicted octanol–water partition coefficient (Wildman–Crippen LogP) is 1.39. The molecule has 1 aromatic rings. The molecule has 1 fully saturated rings. The molecule has 0 radical (unpaired) electrons. The van der Waals surface area contributed by atoms with Crippen LogP contribution in [-0.2, 0) is 9.53 Å². The molecule has 2 N–H and O–H groups in total. The number of carbonyl (C=O) groups excluding carboxylic acids is 1. The number of amides is 1. The van der Waals surface area contributed by atoms with Crippen LogP contribution < -0.4 is 10.6 Å². The van der Waals surface area contributed by atoms with Gasteiger partial charge in [-0.3, -0.25) is 4.79 Å². The first-order valence-electron chi connectivity index (χ1n) is 5.91. The molecule has 1 aliphatic rings. The first-order chi connectivity index (χ1) is 8.57. The van der Waals surface area contributed by atoms with Crippen molar-refractivity contribution < 1.29 is 13.9 Å². The van der Waals surface area contributed by atoms with E-state index in [9.17, 15) is 9.18 Å². The van der Waals surface area contributed by atoms with E-state index >= 15 is 0 Å². The molecule has 1 heterocycles. The van der Waals surface area contributed by atoms with Gasteiger partial charge in [0, 0.05) is 17.6 Å². The van der Waals surface area contributed by atoms with Crippen LogP contribution in [0.3, 0.4) is 0 Å². The van der Waals surface area contributed by atoms with Gasteiger partial charge in [0.2, 0.25) is 5.91 Å². The summed E-state index contributed by atoms with van der Waals surface area (Å²) in [4.78, 5) is 11.6. The third-order valence-electron chi connectivity index (χ3n) is 2.85. The third kappa shape index (κ3) is 3.51. The van der Waals surface area contributed by atoms with Gasteiger partial charge in [-0.25, -0.2) is 4.39 Å². The number of anilines is 1. The van der Waals surface area contributed by atoms with Gasteiger partial charge < -0.3 is 15.4 Å². The minimum absolute atomic E-state index is 0.138. The Bertz CT molecular complexity index is 433. The zero-order chi connectivity index (χ0) is 13.0. The van der Waals surface area contributed by atoms with Crippen molar-refractivity contribution in [3.05, 3.63) is 30.1 Å².